The van der Waals surface area contributed by atoms with E-state index in [1.54, 1.807) is 0 Å². The zero-order valence-corrected chi connectivity index (χ0v) is 12.7. The van der Waals surface area contributed by atoms with Gasteiger partial charge in [0.25, 0.3) is 0 Å². The molecule has 0 aromatic carbocycles. The lowest BCUT2D eigenvalue weighted by Gasteiger charge is -2.25. The van der Waals surface area contributed by atoms with Crippen LogP contribution in [0.4, 0.5) is 0 Å². The normalized spacial score (nSPS) is 22.6. The lowest BCUT2D eigenvalue weighted by atomic mass is 9.97. The molecule has 3 nitrogen and oxygen atoms in total. The van der Waals surface area contributed by atoms with Crippen LogP contribution in [0.1, 0.15) is 61.7 Å². The average molecular weight is 268 g/mol. The number of aromatic nitrogens is 1. The molecule has 0 radical (unpaired) electrons. The monoisotopic (exact) mass is 268 g/mol. The van der Waals surface area contributed by atoms with Gasteiger partial charge in [0.2, 0.25) is 0 Å². The number of hydrogen-bond acceptors (Lipinski definition) is 4. The van der Waals surface area contributed by atoms with Crippen molar-refractivity contribution >= 4 is 11.3 Å². The molecule has 1 aliphatic rings. The average Bonchev–Trinajstić information content (AvgIpc) is 2.83. The van der Waals surface area contributed by atoms with Crippen molar-refractivity contribution in [1.82, 2.24) is 10.3 Å². The Balaban J connectivity index is 2.33. The molecule has 102 valence electrons. The molecular weight excluding hydrogens is 244 g/mol. The van der Waals surface area contributed by atoms with Gasteiger partial charge in [-0.15, -0.1) is 11.3 Å². The van der Waals surface area contributed by atoms with Gasteiger partial charge in [-0.1, -0.05) is 6.92 Å². The first-order valence-corrected chi connectivity index (χ1v) is 7.77. The highest BCUT2D eigenvalue weighted by Crippen LogP contribution is 2.39. The van der Waals surface area contributed by atoms with Crippen molar-refractivity contribution in [3.8, 4) is 0 Å². The zero-order valence-electron chi connectivity index (χ0n) is 11.9. The second kappa shape index (κ2) is 5.68. The van der Waals surface area contributed by atoms with Crippen molar-refractivity contribution in [2.24, 2.45) is 0 Å². The molecule has 0 saturated heterocycles. The molecule has 0 amide bonds. The molecule has 0 aliphatic heterocycles. The summed E-state index contributed by atoms with van der Waals surface area (Å²) in [6, 6.07) is 0.432. The maximum absolute atomic E-state index is 5.94. The van der Waals surface area contributed by atoms with Crippen LogP contribution in [0.15, 0.2) is 0 Å². The van der Waals surface area contributed by atoms with Gasteiger partial charge in [0.15, 0.2) is 0 Å². The lowest BCUT2D eigenvalue weighted by Crippen LogP contribution is -2.25. The Kier molecular flexibility index (Phi) is 4.41. The van der Waals surface area contributed by atoms with Gasteiger partial charge < -0.3 is 10.1 Å². The van der Waals surface area contributed by atoms with E-state index in [1.165, 1.54) is 29.8 Å². The number of fused-ring (bicyclic) bond motifs is 1. The molecule has 2 unspecified atom stereocenters. The van der Waals surface area contributed by atoms with Gasteiger partial charge in [-0.2, -0.15) is 0 Å². The minimum atomic E-state index is -0.213. The number of aryl methyl sites for hydroxylation is 1. The molecule has 18 heavy (non-hydrogen) atoms. The van der Waals surface area contributed by atoms with Crippen molar-refractivity contribution in [3.05, 3.63) is 15.6 Å². The maximum Gasteiger partial charge on any atom is 0.125 e. The van der Waals surface area contributed by atoms with E-state index in [0.29, 0.717) is 6.04 Å². The van der Waals surface area contributed by atoms with Gasteiger partial charge in [-0.05, 0) is 46.6 Å². The van der Waals surface area contributed by atoms with Gasteiger partial charge >= 0.3 is 0 Å². The molecule has 2 atom stereocenters. The van der Waals surface area contributed by atoms with E-state index < -0.39 is 0 Å². The topological polar surface area (TPSA) is 34.1 Å². The smallest absolute Gasteiger partial charge is 0.125 e. The van der Waals surface area contributed by atoms with Crippen LogP contribution >= 0.6 is 11.3 Å². The predicted octanol–water partition coefficient (Wildman–Crippen LogP) is 3.40. The molecule has 1 heterocycles. The minimum absolute atomic E-state index is 0.213. The Bertz CT molecular complexity index is 404. The Labute approximate surface area is 114 Å². The summed E-state index contributed by atoms with van der Waals surface area (Å²) >= 11 is 1.85. The molecule has 1 aromatic heterocycles. The third-order valence-electron chi connectivity index (χ3n) is 3.89. The summed E-state index contributed by atoms with van der Waals surface area (Å²) in [5.74, 6) is 0. The minimum Gasteiger partial charge on any atom is -0.368 e. The summed E-state index contributed by atoms with van der Waals surface area (Å²) in [5, 5.41) is 4.53. The lowest BCUT2D eigenvalue weighted by molar-refractivity contribution is -0.0325. The second-order valence-corrected chi connectivity index (χ2v) is 6.16. The molecule has 1 N–H and O–H groups in total. The van der Waals surface area contributed by atoms with Crippen molar-refractivity contribution in [2.45, 2.75) is 58.1 Å². The largest absolute Gasteiger partial charge is 0.368 e. The first kappa shape index (κ1) is 14.0. The highest BCUT2D eigenvalue weighted by molar-refractivity contribution is 7.11. The standard InChI is InChI=1S/C14H24N2OS/c1-5-14(3,17-6-2)13-16-12-10(15-4)8-7-9-11(12)18-13/h10,15H,5-9H2,1-4H3. The SMILES string of the molecule is CCOC(C)(CC)c1nc2c(s1)CCCC2NC. The summed E-state index contributed by atoms with van der Waals surface area (Å²) in [7, 11) is 2.03. The summed E-state index contributed by atoms with van der Waals surface area (Å²) in [6.45, 7) is 7.13. The van der Waals surface area contributed by atoms with E-state index in [0.717, 1.165) is 18.0 Å². The fraction of sp³-hybridized carbons (Fsp3) is 0.786. The van der Waals surface area contributed by atoms with Gasteiger partial charge in [0.1, 0.15) is 10.6 Å². The summed E-state index contributed by atoms with van der Waals surface area (Å²) in [4.78, 5) is 6.35. The van der Waals surface area contributed by atoms with Gasteiger partial charge in [0.05, 0.1) is 11.7 Å². The van der Waals surface area contributed by atoms with E-state index in [-0.39, 0.29) is 5.60 Å². The molecule has 0 spiro atoms. The van der Waals surface area contributed by atoms with Crippen LogP contribution in [0.3, 0.4) is 0 Å². The zero-order chi connectivity index (χ0) is 13.2. The highest BCUT2D eigenvalue weighted by Gasteiger charge is 2.32. The van der Waals surface area contributed by atoms with Crippen LogP contribution in [0, 0.1) is 0 Å². The Hall–Kier alpha value is -0.450. The number of hydrogen-bond donors (Lipinski definition) is 1. The fourth-order valence-corrected chi connectivity index (χ4v) is 3.89. The molecule has 1 aliphatic carbocycles. The van der Waals surface area contributed by atoms with E-state index >= 15 is 0 Å². The summed E-state index contributed by atoms with van der Waals surface area (Å²) in [5.41, 5.74) is 1.05. The maximum atomic E-state index is 5.94. The quantitative estimate of drug-likeness (QED) is 0.888. The van der Waals surface area contributed by atoms with Crippen molar-refractivity contribution in [2.75, 3.05) is 13.7 Å². The number of thiazole rings is 1. The van der Waals surface area contributed by atoms with Crippen molar-refractivity contribution in [3.63, 3.8) is 0 Å². The van der Waals surface area contributed by atoms with Gasteiger partial charge in [-0.25, -0.2) is 4.98 Å². The summed E-state index contributed by atoms with van der Waals surface area (Å²) < 4.78 is 5.94. The first-order valence-electron chi connectivity index (χ1n) is 6.96. The molecule has 0 fully saturated rings. The molecular formula is C14H24N2OS. The van der Waals surface area contributed by atoms with Gasteiger partial charge in [-0.3, -0.25) is 0 Å². The number of nitrogens with zero attached hydrogens (tertiary/aromatic N) is 1. The second-order valence-electron chi connectivity index (χ2n) is 5.08. The van der Waals surface area contributed by atoms with Crippen LogP contribution in [0.2, 0.25) is 0 Å². The number of rotatable bonds is 5. The van der Waals surface area contributed by atoms with Crippen LogP contribution in [0.25, 0.3) is 0 Å². The fourth-order valence-electron chi connectivity index (χ4n) is 2.56. The Morgan fingerprint density at radius 2 is 2.28 bits per heavy atom. The van der Waals surface area contributed by atoms with Crippen LogP contribution in [-0.2, 0) is 16.8 Å². The first-order chi connectivity index (χ1) is 8.64. The van der Waals surface area contributed by atoms with E-state index in [9.17, 15) is 0 Å². The van der Waals surface area contributed by atoms with Crippen LogP contribution in [0.5, 0.6) is 0 Å². The van der Waals surface area contributed by atoms with E-state index in [1.807, 2.05) is 18.4 Å². The van der Waals surface area contributed by atoms with Crippen molar-refractivity contribution in [1.29, 1.82) is 0 Å². The molecule has 1 aromatic rings. The predicted molar refractivity (Wildman–Crippen MR) is 76.1 cm³/mol. The molecule has 0 saturated carbocycles. The Morgan fingerprint density at radius 1 is 1.50 bits per heavy atom. The van der Waals surface area contributed by atoms with E-state index in [4.69, 9.17) is 9.72 Å². The highest BCUT2D eigenvalue weighted by atomic mass is 32.1. The number of nitrogens with one attached hydrogen (secondary N) is 1. The van der Waals surface area contributed by atoms with Crippen LogP contribution in [-0.4, -0.2) is 18.6 Å². The third kappa shape index (κ3) is 2.46. The molecule has 2 rings (SSSR count). The number of ether oxygens (including phenoxy) is 1. The van der Waals surface area contributed by atoms with Crippen LogP contribution < -0.4 is 5.32 Å². The molecule has 4 heteroatoms. The Morgan fingerprint density at radius 3 is 2.89 bits per heavy atom. The summed E-state index contributed by atoms with van der Waals surface area (Å²) in [6.07, 6.45) is 4.61. The van der Waals surface area contributed by atoms with E-state index in [2.05, 4.69) is 26.1 Å². The molecule has 0 bridgehead atoms. The third-order valence-corrected chi connectivity index (χ3v) is 5.27. The van der Waals surface area contributed by atoms with Gasteiger partial charge in [0, 0.05) is 11.5 Å². The van der Waals surface area contributed by atoms with Crippen molar-refractivity contribution < 1.29 is 4.74 Å².